The third-order valence-electron chi connectivity index (χ3n) is 5.38. The lowest BCUT2D eigenvalue weighted by molar-refractivity contribution is 0.0975. The fourth-order valence-electron chi connectivity index (χ4n) is 3.55. The maximum atomic E-state index is 16.9. The van der Waals surface area contributed by atoms with Crippen LogP contribution in [0.25, 0.3) is 0 Å². The fourth-order valence-corrected chi connectivity index (χ4v) is 4.10. The van der Waals surface area contributed by atoms with Crippen LogP contribution in [0, 0.1) is 18.3 Å². The highest BCUT2D eigenvalue weighted by atomic mass is 35.5. The number of benzene rings is 3. The summed E-state index contributed by atoms with van der Waals surface area (Å²) in [6.07, 6.45) is 4.56. The van der Waals surface area contributed by atoms with Crippen LogP contribution in [0.3, 0.4) is 0 Å². The number of guanidine groups is 1. The summed E-state index contributed by atoms with van der Waals surface area (Å²) in [5, 5.41) is 15.2. The zero-order chi connectivity index (χ0) is 26.4. The number of aromatic nitrogens is 2. The molecule has 1 heterocycles. The number of carbonyl (C=O) groups is 1. The number of rotatable bonds is 6. The van der Waals surface area contributed by atoms with E-state index in [0.29, 0.717) is 16.3 Å². The molecule has 0 radical (unpaired) electrons. The molecule has 1 atom stereocenters. The largest absolute Gasteiger partial charge is 0.332 e. The lowest BCUT2D eigenvalue weighted by Gasteiger charge is -2.25. The van der Waals surface area contributed by atoms with Crippen molar-refractivity contribution in [2.45, 2.75) is 19.3 Å². The van der Waals surface area contributed by atoms with Crippen LogP contribution in [-0.2, 0) is 12.3 Å². The summed E-state index contributed by atoms with van der Waals surface area (Å²) in [5.74, 6) is -3.18. The molecule has 7 nitrogen and oxygen atoms in total. The van der Waals surface area contributed by atoms with Crippen molar-refractivity contribution in [2.24, 2.45) is 4.99 Å². The summed E-state index contributed by atoms with van der Waals surface area (Å²) in [6.45, 7) is 1.65. The molecule has 186 valence electrons. The van der Waals surface area contributed by atoms with Gasteiger partial charge in [0.1, 0.15) is 0 Å². The zero-order valence-corrected chi connectivity index (χ0v) is 21.1. The Labute approximate surface area is 223 Å². The van der Waals surface area contributed by atoms with Gasteiger partial charge in [0, 0.05) is 34.2 Å². The highest BCUT2D eigenvalue weighted by Crippen LogP contribution is 2.36. The van der Waals surface area contributed by atoms with Crippen molar-refractivity contribution in [1.82, 2.24) is 14.9 Å². The molecule has 1 amide bonds. The molecule has 0 bridgehead atoms. The van der Waals surface area contributed by atoms with Gasteiger partial charge in [0.2, 0.25) is 11.8 Å². The maximum absolute atomic E-state index is 16.9. The van der Waals surface area contributed by atoms with Crippen molar-refractivity contribution in [3.63, 3.8) is 0 Å². The summed E-state index contributed by atoms with van der Waals surface area (Å²) in [6, 6.07) is 19.8. The van der Waals surface area contributed by atoms with Crippen LogP contribution >= 0.6 is 23.2 Å². The molecule has 0 aliphatic rings. The van der Waals surface area contributed by atoms with Gasteiger partial charge in [-0.2, -0.15) is 5.26 Å². The number of hydrogen-bond donors (Lipinski definition) is 2. The number of halogens is 3. The number of nitrogens with one attached hydrogen (secondary N) is 2. The van der Waals surface area contributed by atoms with Gasteiger partial charge in [0.25, 0.3) is 5.91 Å². The molecule has 0 spiro atoms. The predicted molar refractivity (Wildman–Crippen MR) is 142 cm³/mol. The minimum absolute atomic E-state index is 0.0520. The van der Waals surface area contributed by atoms with Gasteiger partial charge >= 0.3 is 0 Å². The smallest absolute Gasteiger partial charge is 0.258 e. The van der Waals surface area contributed by atoms with Gasteiger partial charge in [-0.1, -0.05) is 53.0 Å². The highest BCUT2D eigenvalue weighted by Gasteiger charge is 2.35. The first-order valence-electron chi connectivity index (χ1n) is 11.1. The number of amides is 1. The first-order valence-corrected chi connectivity index (χ1v) is 11.9. The number of imidazole rings is 1. The van der Waals surface area contributed by atoms with Crippen LogP contribution in [0.2, 0.25) is 10.0 Å². The molecule has 1 unspecified atom stereocenters. The molecule has 4 aromatic rings. The van der Waals surface area contributed by atoms with Crippen molar-refractivity contribution in [3.8, 4) is 6.07 Å². The number of anilines is 1. The monoisotopic (exact) mass is 534 g/mol. The molecule has 2 N–H and O–H groups in total. The summed E-state index contributed by atoms with van der Waals surface area (Å²) in [4.78, 5) is 21.4. The van der Waals surface area contributed by atoms with Gasteiger partial charge in [-0.05, 0) is 49.4 Å². The number of carbonyl (C=O) groups excluding carboxylic acids is 1. The van der Waals surface area contributed by atoms with Gasteiger partial charge in [0.05, 0.1) is 29.5 Å². The average Bonchev–Trinajstić information content (AvgIpc) is 3.38. The molecule has 37 heavy (non-hydrogen) atoms. The van der Waals surface area contributed by atoms with Crippen LogP contribution in [0.5, 0.6) is 0 Å². The van der Waals surface area contributed by atoms with Crippen LogP contribution in [0.4, 0.5) is 10.1 Å². The van der Waals surface area contributed by atoms with Crippen molar-refractivity contribution in [1.29, 1.82) is 5.26 Å². The van der Waals surface area contributed by atoms with Gasteiger partial charge in [-0.25, -0.2) is 14.4 Å². The Morgan fingerprint density at radius 1 is 1.16 bits per heavy atom. The first kappa shape index (κ1) is 25.9. The van der Waals surface area contributed by atoms with E-state index >= 15 is 4.39 Å². The quantitative estimate of drug-likeness (QED) is 0.178. The SMILES string of the molecule is Cc1ccc(N/C(=N/C(F)(Cn2ccnc2)c2ccc(Cl)cc2Cl)NC(=O)c2cccc(C#N)c2)cc1. The summed E-state index contributed by atoms with van der Waals surface area (Å²) >= 11 is 12.4. The lowest BCUT2D eigenvalue weighted by Crippen LogP contribution is -2.39. The summed E-state index contributed by atoms with van der Waals surface area (Å²) in [7, 11) is 0. The van der Waals surface area contributed by atoms with Gasteiger partial charge in [0.15, 0.2) is 0 Å². The third kappa shape index (κ3) is 6.53. The van der Waals surface area contributed by atoms with E-state index in [1.54, 1.807) is 36.5 Å². The van der Waals surface area contributed by atoms with E-state index in [2.05, 4.69) is 20.6 Å². The van der Waals surface area contributed by atoms with Crippen molar-refractivity contribution < 1.29 is 9.18 Å². The average molecular weight is 535 g/mol. The molecular formula is C27H21Cl2FN6O. The Kier molecular flexibility index (Phi) is 7.87. The number of hydrogen-bond acceptors (Lipinski definition) is 4. The highest BCUT2D eigenvalue weighted by molar-refractivity contribution is 6.35. The molecule has 1 aromatic heterocycles. The lowest BCUT2D eigenvalue weighted by atomic mass is 10.0. The van der Waals surface area contributed by atoms with Crippen molar-refractivity contribution >= 4 is 40.8 Å². The number of nitriles is 1. The van der Waals surface area contributed by atoms with Crippen LogP contribution < -0.4 is 10.6 Å². The third-order valence-corrected chi connectivity index (χ3v) is 5.93. The van der Waals surface area contributed by atoms with Crippen LogP contribution in [0.15, 0.2) is 90.4 Å². The molecule has 4 rings (SSSR count). The number of aliphatic imine (C=N–C) groups is 1. The van der Waals surface area contributed by atoms with Gasteiger partial charge in [-0.3, -0.25) is 10.1 Å². The van der Waals surface area contributed by atoms with Crippen molar-refractivity contribution in [3.05, 3.63) is 118 Å². The second-order valence-electron chi connectivity index (χ2n) is 8.22. The standard InChI is InChI=1S/C27H21Cl2FN6O/c1-18-5-8-22(9-6-18)33-26(34-25(37)20-4-2-3-19(13-20)15-31)35-27(30,16-36-12-11-32-17-36)23-10-7-21(28)14-24(23)29/h2-14,17H,16H2,1H3,(H2,33,34,35,37). The molecule has 3 aromatic carbocycles. The van der Waals surface area contributed by atoms with Crippen molar-refractivity contribution in [2.75, 3.05) is 5.32 Å². The minimum atomic E-state index is -2.43. The summed E-state index contributed by atoms with van der Waals surface area (Å²) in [5.41, 5.74) is 2.17. The zero-order valence-electron chi connectivity index (χ0n) is 19.6. The normalized spacial score (nSPS) is 12.9. The number of alkyl halides is 1. The first-order chi connectivity index (χ1) is 17.8. The van der Waals surface area contributed by atoms with E-state index in [0.717, 1.165) is 5.56 Å². The van der Waals surface area contributed by atoms with E-state index < -0.39 is 11.7 Å². The molecular weight excluding hydrogens is 514 g/mol. The molecule has 0 aliphatic carbocycles. The number of nitrogens with zero attached hydrogens (tertiary/aromatic N) is 4. The van der Waals surface area contributed by atoms with Gasteiger partial charge in [-0.15, -0.1) is 0 Å². The molecule has 0 aliphatic heterocycles. The van der Waals surface area contributed by atoms with E-state index in [-0.39, 0.29) is 28.7 Å². The van der Waals surface area contributed by atoms with Crippen LogP contribution in [-0.4, -0.2) is 21.4 Å². The molecule has 10 heteroatoms. The Morgan fingerprint density at radius 3 is 2.62 bits per heavy atom. The van der Waals surface area contributed by atoms with Crippen LogP contribution in [0.1, 0.15) is 27.0 Å². The molecule has 0 saturated heterocycles. The Morgan fingerprint density at radius 2 is 1.95 bits per heavy atom. The second-order valence-corrected chi connectivity index (χ2v) is 9.06. The van der Waals surface area contributed by atoms with E-state index in [4.69, 9.17) is 23.2 Å². The second kappa shape index (κ2) is 11.2. The molecule has 0 saturated carbocycles. The van der Waals surface area contributed by atoms with Gasteiger partial charge < -0.3 is 9.88 Å². The van der Waals surface area contributed by atoms with E-state index in [9.17, 15) is 10.1 Å². The fraction of sp³-hybridized carbons (Fsp3) is 0.111. The maximum Gasteiger partial charge on any atom is 0.258 e. The number of aryl methyl sites for hydroxylation is 1. The Balaban J connectivity index is 1.79. The predicted octanol–water partition coefficient (Wildman–Crippen LogP) is 6.09. The topological polar surface area (TPSA) is 95.1 Å². The molecule has 0 fully saturated rings. The Hall–Kier alpha value is -4.19. The Bertz CT molecular complexity index is 1480. The summed E-state index contributed by atoms with van der Waals surface area (Å²) < 4.78 is 18.4. The minimum Gasteiger partial charge on any atom is -0.332 e. The van der Waals surface area contributed by atoms with E-state index in [1.165, 1.54) is 41.4 Å². The van der Waals surface area contributed by atoms with E-state index in [1.807, 2.05) is 25.1 Å².